The summed E-state index contributed by atoms with van der Waals surface area (Å²) in [4.78, 5) is 2.58. The van der Waals surface area contributed by atoms with Crippen molar-refractivity contribution in [3.8, 4) is 0 Å². The average molecular weight is 240 g/mol. The van der Waals surface area contributed by atoms with E-state index < -0.39 is 0 Å². The Morgan fingerprint density at radius 1 is 1.24 bits per heavy atom. The van der Waals surface area contributed by atoms with Crippen LogP contribution in [0.5, 0.6) is 0 Å². The maximum absolute atomic E-state index is 6.10. The Hall–Kier alpha value is -0.0800. The molecule has 2 nitrogen and oxygen atoms in total. The molecule has 0 aromatic heterocycles. The van der Waals surface area contributed by atoms with Crippen molar-refractivity contribution in [2.45, 2.75) is 64.8 Å². The summed E-state index contributed by atoms with van der Waals surface area (Å²) in [5.74, 6) is 1.74. The molecule has 0 aromatic carbocycles. The lowest BCUT2D eigenvalue weighted by atomic mass is 9.76. The van der Waals surface area contributed by atoms with E-state index in [1.54, 1.807) is 0 Å². The SMILES string of the molecule is CCC(CC)CN(C)C1(CN)CCC(C)CC1. The molecule has 0 amide bonds. The van der Waals surface area contributed by atoms with Crippen molar-refractivity contribution in [1.82, 2.24) is 4.90 Å². The van der Waals surface area contributed by atoms with Gasteiger partial charge in [0, 0.05) is 18.6 Å². The van der Waals surface area contributed by atoms with Gasteiger partial charge in [0.15, 0.2) is 0 Å². The molecule has 1 rings (SSSR count). The van der Waals surface area contributed by atoms with Crippen molar-refractivity contribution in [2.75, 3.05) is 20.1 Å². The maximum atomic E-state index is 6.10. The fourth-order valence-corrected chi connectivity index (χ4v) is 3.17. The van der Waals surface area contributed by atoms with Gasteiger partial charge < -0.3 is 5.73 Å². The highest BCUT2D eigenvalue weighted by atomic mass is 15.2. The van der Waals surface area contributed by atoms with Crippen molar-refractivity contribution in [3.63, 3.8) is 0 Å². The summed E-state index contributed by atoms with van der Waals surface area (Å²) in [7, 11) is 2.29. The third-order valence-electron chi connectivity index (χ3n) is 5.08. The number of nitrogens with two attached hydrogens (primary N) is 1. The Morgan fingerprint density at radius 2 is 1.76 bits per heavy atom. The second kappa shape index (κ2) is 6.75. The van der Waals surface area contributed by atoms with E-state index >= 15 is 0 Å². The normalized spacial score (nSPS) is 30.2. The van der Waals surface area contributed by atoms with Crippen LogP contribution in [0, 0.1) is 11.8 Å². The van der Waals surface area contributed by atoms with E-state index in [1.165, 1.54) is 45.1 Å². The first kappa shape index (κ1) is 15.0. The first-order chi connectivity index (χ1) is 8.07. The van der Waals surface area contributed by atoms with E-state index in [4.69, 9.17) is 5.73 Å². The molecule has 0 heterocycles. The van der Waals surface area contributed by atoms with E-state index in [2.05, 4.69) is 32.7 Å². The van der Waals surface area contributed by atoms with Crippen molar-refractivity contribution in [1.29, 1.82) is 0 Å². The first-order valence-electron chi connectivity index (χ1n) is 7.49. The fraction of sp³-hybridized carbons (Fsp3) is 1.00. The van der Waals surface area contributed by atoms with E-state index in [9.17, 15) is 0 Å². The smallest absolute Gasteiger partial charge is 0.0329 e. The zero-order valence-electron chi connectivity index (χ0n) is 12.3. The van der Waals surface area contributed by atoms with Gasteiger partial charge in [-0.3, -0.25) is 4.90 Å². The number of rotatable bonds is 6. The quantitative estimate of drug-likeness (QED) is 0.772. The molecule has 2 heteroatoms. The molecular formula is C15H32N2. The summed E-state index contributed by atoms with van der Waals surface area (Å²) in [6.45, 7) is 9.04. The minimum atomic E-state index is 0.301. The van der Waals surface area contributed by atoms with Crippen molar-refractivity contribution < 1.29 is 0 Å². The molecule has 0 spiro atoms. The highest BCUT2D eigenvalue weighted by Gasteiger charge is 2.36. The van der Waals surface area contributed by atoms with E-state index in [0.717, 1.165) is 18.4 Å². The van der Waals surface area contributed by atoms with E-state index in [-0.39, 0.29) is 0 Å². The molecule has 0 saturated heterocycles. The molecule has 102 valence electrons. The predicted octanol–water partition coefficient (Wildman–Crippen LogP) is 3.26. The highest BCUT2D eigenvalue weighted by Crippen LogP contribution is 2.35. The largest absolute Gasteiger partial charge is 0.329 e. The summed E-state index contributed by atoms with van der Waals surface area (Å²) in [6, 6.07) is 0. The molecule has 17 heavy (non-hydrogen) atoms. The summed E-state index contributed by atoms with van der Waals surface area (Å²) in [5, 5.41) is 0. The van der Waals surface area contributed by atoms with Crippen LogP contribution >= 0.6 is 0 Å². The summed E-state index contributed by atoms with van der Waals surface area (Å²) in [5.41, 5.74) is 6.40. The zero-order valence-corrected chi connectivity index (χ0v) is 12.3. The molecule has 0 aromatic rings. The van der Waals surface area contributed by atoms with Gasteiger partial charge in [0.1, 0.15) is 0 Å². The van der Waals surface area contributed by atoms with Gasteiger partial charge in [0.25, 0.3) is 0 Å². The lowest BCUT2D eigenvalue weighted by Crippen LogP contribution is -2.55. The van der Waals surface area contributed by atoms with Crippen molar-refractivity contribution >= 4 is 0 Å². The summed E-state index contributed by atoms with van der Waals surface area (Å²) in [6.07, 6.45) is 7.87. The monoisotopic (exact) mass is 240 g/mol. The van der Waals surface area contributed by atoms with Crippen LogP contribution in [0.3, 0.4) is 0 Å². The molecule has 2 N–H and O–H groups in total. The molecule has 0 bridgehead atoms. The second-order valence-electron chi connectivity index (χ2n) is 6.17. The van der Waals surface area contributed by atoms with Crippen LogP contribution in [0.25, 0.3) is 0 Å². The van der Waals surface area contributed by atoms with Gasteiger partial charge in [-0.2, -0.15) is 0 Å². The van der Waals surface area contributed by atoms with Gasteiger partial charge >= 0.3 is 0 Å². The zero-order chi connectivity index (χ0) is 12.9. The number of likely N-dealkylation sites (N-methyl/N-ethyl adjacent to an activating group) is 1. The van der Waals surface area contributed by atoms with Crippen molar-refractivity contribution in [3.05, 3.63) is 0 Å². The van der Waals surface area contributed by atoms with E-state index in [1.807, 2.05) is 0 Å². The molecule has 0 aliphatic heterocycles. The van der Waals surface area contributed by atoms with Gasteiger partial charge in [-0.05, 0) is 44.6 Å². The van der Waals surface area contributed by atoms with Crippen LogP contribution < -0.4 is 5.73 Å². The Morgan fingerprint density at radius 3 is 2.18 bits per heavy atom. The van der Waals surface area contributed by atoms with Gasteiger partial charge in [-0.15, -0.1) is 0 Å². The number of nitrogens with zero attached hydrogens (tertiary/aromatic N) is 1. The summed E-state index contributed by atoms with van der Waals surface area (Å²) < 4.78 is 0. The average Bonchev–Trinajstić information content (AvgIpc) is 2.37. The van der Waals surface area contributed by atoms with Gasteiger partial charge in [0.2, 0.25) is 0 Å². The second-order valence-corrected chi connectivity index (χ2v) is 6.17. The van der Waals surface area contributed by atoms with Crippen LogP contribution in [0.1, 0.15) is 59.3 Å². The Bertz CT molecular complexity index is 203. The van der Waals surface area contributed by atoms with Gasteiger partial charge in [0.05, 0.1) is 0 Å². The molecule has 1 aliphatic carbocycles. The van der Waals surface area contributed by atoms with Crippen LogP contribution in [0.4, 0.5) is 0 Å². The minimum Gasteiger partial charge on any atom is -0.329 e. The standard InChI is InChI=1S/C15H32N2/c1-5-14(6-2)11-17(4)15(12-16)9-7-13(3)8-10-15/h13-14H,5-12,16H2,1-4H3. The van der Waals surface area contributed by atoms with Crippen molar-refractivity contribution in [2.24, 2.45) is 17.6 Å². The lowest BCUT2D eigenvalue weighted by Gasteiger charge is -2.46. The molecule has 1 saturated carbocycles. The van der Waals surface area contributed by atoms with Crippen LogP contribution in [0.2, 0.25) is 0 Å². The van der Waals surface area contributed by atoms with E-state index in [0.29, 0.717) is 5.54 Å². The molecule has 0 atom stereocenters. The third kappa shape index (κ3) is 3.69. The van der Waals surface area contributed by atoms with Gasteiger partial charge in [-0.25, -0.2) is 0 Å². The fourth-order valence-electron chi connectivity index (χ4n) is 3.17. The molecule has 1 fully saturated rings. The van der Waals surface area contributed by atoms with Crippen LogP contribution in [-0.2, 0) is 0 Å². The molecule has 0 radical (unpaired) electrons. The topological polar surface area (TPSA) is 29.3 Å². The highest BCUT2D eigenvalue weighted by molar-refractivity contribution is 4.94. The maximum Gasteiger partial charge on any atom is 0.0329 e. The predicted molar refractivity (Wildman–Crippen MR) is 76.1 cm³/mol. The first-order valence-corrected chi connectivity index (χ1v) is 7.49. The molecule has 1 aliphatic rings. The molecular weight excluding hydrogens is 208 g/mol. The Kier molecular flexibility index (Phi) is 5.94. The summed E-state index contributed by atoms with van der Waals surface area (Å²) >= 11 is 0. The lowest BCUT2D eigenvalue weighted by molar-refractivity contribution is 0.0534. The number of hydrogen-bond donors (Lipinski definition) is 1. The Balaban J connectivity index is 2.59. The number of hydrogen-bond acceptors (Lipinski definition) is 2. The minimum absolute atomic E-state index is 0.301. The van der Waals surface area contributed by atoms with Crippen LogP contribution in [-0.4, -0.2) is 30.6 Å². The Labute approximate surface area is 108 Å². The van der Waals surface area contributed by atoms with Crippen LogP contribution in [0.15, 0.2) is 0 Å². The third-order valence-corrected chi connectivity index (χ3v) is 5.08. The molecule has 0 unspecified atom stereocenters. The van der Waals surface area contributed by atoms with Gasteiger partial charge in [-0.1, -0.05) is 33.6 Å².